The zero-order valence-electron chi connectivity index (χ0n) is 19.9. The third kappa shape index (κ3) is 16.5. The third-order valence-corrected chi connectivity index (χ3v) is 6.01. The van der Waals surface area contributed by atoms with E-state index in [0.717, 1.165) is 18.8 Å². The molecule has 0 saturated carbocycles. The molecule has 0 aliphatic heterocycles. The predicted octanol–water partition coefficient (Wildman–Crippen LogP) is 9.67. The average molecular weight is 403 g/mol. The smallest absolute Gasteiger partial charge is 0.119 e. The van der Waals surface area contributed by atoms with Crippen molar-refractivity contribution in [3.8, 4) is 5.75 Å². The molecule has 0 unspecified atom stereocenters. The predicted molar refractivity (Wildman–Crippen MR) is 130 cm³/mol. The van der Waals surface area contributed by atoms with Gasteiger partial charge in [0.25, 0.3) is 0 Å². The highest BCUT2D eigenvalue weighted by atomic mass is 16.5. The molecule has 0 saturated heterocycles. The molecular formula is C28H50O. The van der Waals surface area contributed by atoms with Crippen LogP contribution in [0, 0.1) is 0 Å². The van der Waals surface area contributed by atoms with E-state index in [1.54, 1.807) is 0 Å². The Bertz CT molecular complexity index is 436. The van der Waals surface area contributed by atoms with Crippen LogP contribution in [0.15, 0.2) is 24.3 Å². The summed E-state index contributed by atoms with van der Waals surface area (Å²) >= 11 is 0. The molecule has 1 aromatic carbocycles. The molecule has 0 heterocycles. The van der Waals surface area contributed by atoms with Gasteiger partial charge in [0.05, 0.1) is 6.61 Å². The fraction of sp³-hybridized carbons (Fsp3) is 0.786. The molecule has 0 atom stereocenters. The minimum atomic E-state index is 0.842. The molecule has 1 heteroatoms. The SMILES string of the molecule is CCCCCCCCCCCCCCCCCCc1ccc(OCCCC)cc1. The molecule has 0 N–H and O–H groups in total. The van der Waals surface area contributed by atoms with Crippen molar-refractivity contribution < 1.29 is 4.74 Å². The monoisotopic (exact) mass is 402 g/mol. The molecule has 1 nitrogen and oxygen atoms in total. The van der Waals surface area contributed by atoms with Gasteiger partial charge in [-0.3, -0.25) is 0 Å². The van der Waals surface area contributed by atoms with Gasteiger partial charge in [-0.2, -0.15) is 0 Å². The topological polar surface area (TPSA) is 9.23 Å². The number of unbranched alkanes of at least 4 members (excludes halogenated alkanes) is 16. The lowest BCUT2D eigenvalue weighted by atomic mass is 10.0. The van der Waals surface area contributed by atoms with Crippen molar-refractivity contribution >= 4 is 0 Å². The van der Waals surface area contributed by atoms with Gasteiger partial charge in [0.2, 0.25) is 0 Å². The second-order valence-corrected chi connectivity index (χ2v) is 8.90. The molecule has 0 fully saturated rings. The standard InChI is InChI=1S/C28H50O/c1-3-5-7-8-9-10-11-12-13-14-15-16-17-18-19-20-21-27-22-24-28(25-23-27)29-26-6-4-2/h22-25H,3-21,26H2,1-2H3. The maximum absolute atomic E-state index is 5.74. The summed E-state index contributed by atoms with van der Waals surface area (Å²) in [4.78, 5) is 0. The summed E-state index contributed by atoms with van der Waals surface area (Å²) < 4.78 is 5.74. The van der Waals surface area contributed by atoms with E-state index in [9.17, 15) is 0 Å². The summed E-state index contributed by atoms with van der Waals surface area (Å²) in [5, 5.41) is 0. The number of aryl methyl sites for hydroxylation is 1. The Morgan fingerprint density at radius 2 is 0.897 bits per heavy atom. The van der Waals surface area contributed by atoms with Gasteiger partial charge in [-0.1, -0.05) is 129 Å². The summed E-state index contributed by atoms with van der Waals surface area (Å²) in [7, 11) is 0. The molecule has 0 aliphatic rings. The van der Waals surface area contributed by atoms with E-state index in [1.807, 2.05) is 0 Å². The van der Waals surface area contributed by atoms with Crippen molar-refractivity contribution in [2.45, 2.75) is 136 Å². The number of hydrogen-bond donors (Lipinski definition) is 0. The van der Waals surface area contributed by atoms with E-state index in [2.05, 4.69) is 38.1 Å². The number of hydrogen-bond acceptors (Lipinski definition) is 1. The van der Waals surface area contributed by atoms with Gasteiger partial charge in [-0.15, -0.1) is 0 Å². The Morgan fingerprint density at radius 1 is 0.483 bits per heavy atom. The van der Waals surface area contributed by atoms with E-state index in [1.165, 1.54) is 121 Å². The largest absolute Gasteiger partial charge is 0.494 e. The minimum Gasteiger partial charge on any atom is -0.494 e. The van der Waals surface area contributed by atoms with Crippen molar-refractivity contribution in [3.63, 3.8) is 0 Å². The number of rotatable bonds is 21. The van der Waals surface area contributed by atoms with Gasteiger partial charge in [-0.05, 0) is 37.0 Å². The maximum Gasteiger partial charge on any atom is 0.119 e. The van der Waals surface area contributed by atoms with Crippen LogP contribution in [0.25, 0.3) is 0 Å². The van der Waals surface area contributed by atoms with Crippen molar-refractivity contribution in [2.75, 3.05) is 6.61 Å². The Labute approximate surface area is 183 Å². The van der Waals surface area contributed by atoms with Crippen molar-refractivity contribution in [2.24, 2.45) is 0 Å². The van der Waals surface area contributed by atoms with Gasteiger partial charge in [0.1, 0.15) is 5.75 Å². The van der Waals surface area contributed by atoms with Gasteiger partial charge in [0.15, 0.2) is 0 Å². The molecule has 1 rings (SSSR count). The molecule has 0 amide bonds. The molecule has 1 aromatic rings. The molecule has 29 heavy (non-hydrogen) atoms. The first-order chi connectivity index (χ1) is 14.4. The van der Waals surface area contributed by atoms with Crippen LogP contribution in [0.4, 0.5) is 0 Å². The van der Waals surface area contributed by atoms with Gasteiger partial charge in [0, 0.05) is 0 Å². The highest BCUT2D eigenvalue weighted by Gasteiger charge is 1.98. The van der Waals surface area contributed by atoms with E-state index >= 15 is 0 Å². The van der Waals surface area contributed by atoms with Crippen LogP contribution in [0.1, 0.15) is 135 Å². The molecule has 0 bridgehead atoms. The lowest BCUT2D eigenvalue weighted by Gasteiger charge is -2.07. The molecule has 0 aliphatic carbocycles. The van der Waals surface area contributed by atoms with Crippen molar-refractivity contribution in [3.05, 3.63) is 29.8 Å². The van der Waals surface area contributed by atoms with Crippen molar-refractivity contribution in [1.82, 2.24) is 0 Å². The number of benzene rings is 1. The Morgan fingerprint density at radius 3 is 1.34 bits per heavy atom. The third-order valence-electron chi connectivity index (χ3n) is 6.01. The quantitative estimate of drug-likeness (QED) is 0.186. The molecule has 0 radical (unpaired) electrons. The zero-order chi connectivity index (χ0) is 20.8. The first-order valence-electron chi connectivity index (χ1n) is 13.1. The summed E-state index contributed by atoms with van der Waals surface area (Å²) in [6, 6.07) is 8.76. The zero-order valence-corrected chi connectivity index (χ0v) is 19.9. The van der Waals surface area contributed by atoms with Gasteiger partial charge >= 0.3 is 0 Å². The van der Waals surface area contributed by atoms with Crippen LogP contribution in [-0.4, -0.2) is 6.61 Å². The van der Waals surface area contributed by atoms with Crippen LogP contribution in [0.3, 0.4) is 0 Å². The van der Waals surface area contributed by atoms with Crippen LogP contribution in [0.2, 0.25) is 0 Å². The van der Waals surface area contributed by atoms with Crippen LogP contribution >= 0.6 is 0 Å². The van der Waals surface area contributed by atoms with E-state index in [0.29, 0.717) is 0 Å². The fourth-order valence-electron chi connectivity index (χ4n) is 3.96. The Hall–Kier alpha value is -0.980. The molecule has 168 valence electrons. The van der Waals surface area contributed by atoms with Gasteiger partial charge < -0.3 is 4.74 Å². The Kier molecular flexibility index (Phi) is 18.2. The van der Waals surface area contributed by atoms with Gasteiger partial charge in [-0.25, -0.2) is 0 Å². The molecular weight excluding hydrogens is 352 g/mol. The highest BCUT2D eigenvalue weighted by Crippen LogP contribution is 2.16. The molecule has 0 aromatic heterocycles. The van der Waals surface area contributed by atoms with E-state index in [4.69, 9.17) is 4.74 Å². The first kappa shape index (κ1) is 26.1. The maximum atomic E-state index is 5.74. The summed E-state index contributed by atoms with van der Waals surface area (Å²) in [6.45, 7) is 5.34. The van der Waals surface area contributed by atoms with Crippen LogP contribution < -0.4 is 4.74 Å². The minimum absolute atomic E-state index is 0.842. The van der Waals surface area contributed by atoms with Crippen LogP contribution in [-0.2, 0) is 6.42 Å². The Balaban J connectivity index is 1.82. The fourth-order valence-corrected chi connectivity index (χ4v) is 3.96. The van der Waals surface area contributed by atoms with E-state index < -0.39 is 0 Å². The summed E-state index contributed by atoms with van der Waals surface area (Å²) in [5.74, 6) is 1.02. The van der Waals surface area contributed by atoms with Crippen molar-refractivity contribution in [1.29, 1.82) is 0 Å². The lowest BCUT2D eigenvalue weighted by molar-refractivity contribution is 0.309. The first-order valence-corrected chi connectivity index (χ1v) is 13.1. The average Bonchev–Trinajstić information content (AvgIpc) is 2.74. The normalized spacial score (nSPS) is 11.1. The molecule has 0 spiro atoms. The summed E-state index contributed by atoms with van der Waals surface area (Å²) in [6.07, 6.45) is 26.5. The summed E-state index contributed by atoms with van der Waals surface area (Å²) in [5.41, 5.74) is 1.46. The van der Waals surface area contributed by atoms with Crippen LogP contribution in [0.5, 0.6) is 5.75 Å². The lowest BCUT2D eigenvalue weighted by Crippen LogP contribution is -1.96. The highest BCUT2D eigenvalue weighted by molar-refractivity contribution is 5.27. The van der Waals surface area contributed by atoms with E-state index in [-0.39, 0.29) is 0 Å². The second kappa shape index (κ2) is 20.3. The number of ether oxygens (including phenoxy) is 1. The second-order valence-electron chi connectivity index (χ2n) is 8.90.